The fourth-order valence-electron chi connectivity index (χ4n) is 1.92. The first kappa shape index (κ1) is 9.73. The summed E-state index contributed by atoms with van der Waals surface area (Å²) in [4.78, 5) is 11.1. The van der Waals surface area contributed by atoms with Crippen molar-refractivity contribution >= 4 is 17.5 Å². The molecule has 3 rings (SSSR count). The number of fused-ring (bicyclic) bond motifs is 1. The molecule has 0 aromatic heterocycles. The molecule has 1 amide bonds. The molecule has 3 nitrogen and oxygen atoms in total. The number of hydrogen-bond acceptors (Lipinski definition) is 2. The van der Waals surface area contributed by atoms with Gasteiger partial charge in [0.1, 0.15) is 18.3 Å². The van der Waals surface area contributed by atoms with Gasteiger partial charge in [-0.1, -0.05) is 29.8 Å². The molecule has 0 unspecified atom stereocenters. The highest BCUT2D eigenvalue weighted by atomic mass is 35.5. The number of halogens is 1. The van der Waals surface area contributed by atoms with Gasteiger partial charge in [-0.15, -0.1) is 0 Å². The zero-order valence-corrected chi connectivity index (χ0v) is 9.20. The lowest BCUT2D eigenvalue weighted by Gasteiger charge is -2.43. The van der Waals surface area contributed by atoms with Crippen LogP contribution in [0, 0.1) is 5.92 Å². The Morgan fingerprint density at radius 1 is 1.38 bits per heavy atom. The van der Waals surface area contributed by atoms with Crippen LogP contribution in [0.25, 0.3) is 0 Å². The van der Waals surface area contributed by atoms with E-state index in [9.17, 15) is 4.79 Å². The van der Waals surface area contributed by atoms with Crippen LogP contribution in [0.5, 0.6) is 0 Å². The van der Waals surface area contributed by atoms with E-state index in [4.69, 9.17) is 16.3 Å². The largest absolute Gasteiger partial charge is 0.493 e. The normalized spacial score (nSPS) is 25.8. The number of benzene rings is 1. The van der Waals surface area contributed by atoms with Gasteiger partial charge in [-0.25, -0.2) is 0 Å². The minimum atomic E-state index is -0.0533. The number of rotatable bonds is 3. The van der Waals surface area contributed by atoms with Crippen LogP contribution in [0.3, 0.4) is 0 Å². The number of amides is 1. The standard InChI is InChI=1S/C12H10ClNO2/c13-8-4-2-1-3-7(8)6-16-10-5-9-11(10)12(15)14-9/h1-5,9,11H,6H2,(H,14,15)/t9-,11-/m0/s1. The Morgan fingerprint density at radius 2 is 2.19 bits per heavy atom. The maximum atomic E-state index is 11.1. The van der Waals surface area contributed by atoms with E-state index in [2.05, 4.69) is 5.32 Å². The van der Waals surface area contributed by atoms with E-state index in [0.29, 0.717) is 11.6 Å². The molecule has 2 atom stereocenters. The summed E-state index contributed by atoms with van der Waals surface area (Å²) >= 11 is 6.00. The van der Waals surface area contributed by atoms with Gasteiger partial charge < -0.3 is 10.1 Å². The molecule has 4 heteroatoms. The Morgan fingerprint density at radius 3 is 2.88 bits per heavy atom. The van der Waals surface area contributed by atoms with Crippen LogP contribution in [-0.2, 0) is 16.1 Å². The van der Waals surface area contributed by atoms with E-state index in [1.54, 1.807) is 0 Å². The lowest BCUT2D eigenvalue weighted by Crippen LogP contribution is -2.63. The first-order valence-corrected chi connectivity index (χ1v) is 5.52. The quantitative estimate of drug-likeness (QED) is 0.813. The zero-order valence-electron chi connectivity index (χ0n) is 8.44. The number of ether oxygens (including phenoxy) is 1. The minimum absolute atomic E-state index is 0.0533. The molecule has 0 spiro atoms. The molecule has 1 heterocycles. The number of carbonyl (C=O) groups excluding carboxylic acids is 1. The molecule has 82 valence electrons. The molecular formula is C12H10ClNO2. The van der Waals surface area contributed by atoms with E-state index in [0.717, 1.165) is 11.3 Å². The van der Waals surface area contributed by atoms with Crippen molar-refractivity contribution in [2.45, 2.75) is 12.6 Å². The van der Waals surface area contributed by atoms with Crippen LogP contribution in [0.4, 0.5) is 0 Å². The Hall–Kier alpha value is -1.48. The molecule has 0 radical (unpaired) electrons. The van der Waals surface area contributed by atoms with Crippen molar-refractivity contribution in [3.05, 3.63) is 46.7 Å². The third kappa shape index (κ3) is 1.39. The smallest absolute Gasteiger partial charge is 0.233 e. The summed E-state index contributed by atoms with van der Waals surface area (Å²) in [5.74, 6) is 0.776. The predicted molar refractivity (Wildman–Crippen MR) is 59.7 cm³/mol. The number of carbonyl (C=O) groups is 1. The molecule has 1 aromatic rings. The van der Waals surface area contributed by atoms with E-state index >= 15 is 0 Å². The first-order valence-electron chi connectivity index (χ1n) is 5.14. The fraction of sp³-hybridized carbons (Fsp3) is 0.250. The zero-order chi connectivity index (χ0) is 11.1. The van der Waals surface area contributed by atoms with Crippen molar-refractivity contribution in [1.82, 2.24) is 5.32 Å². The second-order valence-corrected chi connectivity index (χ2v) is 4.37. The summed E-state index contributed by atoms with van der Waals surface area (Å²) in [5.41, 5.74) is 0.938. The van der Waals surface area contributed by atoms with E-state index in [1.165, 1.54) is 0 Å². The highest BCUT2D eigenvalue weighted by Crippen LogP contribution is 2.36. The van der Waals surface area contributed by atoms with Crippen molar-refractivity contribution in [2.75, 3.05) is 0 Å². The summed E-state index contributed by atoms with van der Waals surface area (Å²) in [6.45, 7) is 0.419. The summed E-state index contributed by atoms with van der Waals surface area (Å²) < 4.78 is 5.56. The molecule has 1 aromatic carbocycles. The van der Waals surface area contributed by atoms with Crippen LogP contribution in [0.15, 0.2) is 36.1 Å². The lowest BCUT2D eigenvalue weighted by atomic mass is 9.78. The maximum absolute atomic E-state index is 11.1. The van der Waals surface area contributed by atoms with Gasteiger partial charge in [-0.05, 0) is 12.1 Å². The Labute approximate surface area is 98.0 Å². The summed E-state index contributed by atoms with van der Waals surface area (Å²) in [5, 5.41) is 3.45. The summed E-state index contributed by atoms with van der Waals surface area (Å²) in [6, 6.07) is 7.74. The predicted octanol–water partition coefficient (Wildman–Crippen LogP) is 1.87. The first-order chi connectivity index (χ1) is 7.75. The number of β-lactam (4-membered cyclic amide) rings is 1. The lowest BCUT2D eigenvalue weighted by molar-refractivity contribution is -0.136. The van der Waals surface area contributed by atoms with Gasteiger partial charge in [0.2, 0.25) is 5.91 Å². The van der Waals surface area contributed by atoms with Crippen molar-refractivity contribution < 1.29 is 9.53 Å². The molecule has 0 bridgehead atoms. The van der Waals surface area contributed by atoms with Gasteiger partial charge in [-0.3, -0.25) is 4.79 Å². The highest BCUT2D eigenvalue weighted by molar-refractivity contribution is 6.31. The van der Waals surface area contributed by atoms with Gasteiger partial charge >= 0.3 is 0 Å². The van der Waals surface area contributed by atoms with E-state index in [-0.39, 0.29) is 17.9 Å². The fourth-order valence-corrected chi connectivity index (χ4v) is 2.12. The molecular weight excluding hydrogens is 226 g/mol. The van der Waals surface area contributed by atoms with Crippen molar-refractivity contribution in [3.8, 4) is 0 Å². The average Bonchev–Trinajstić information content (AvgIpc) is 2.24. The molecule has 16 heavy (non-hydrogen) atoms. The summed E-state index contributed by atoms with van der Waals surface area (Å²) in [7, 11) is 0. The highest BCUT2D eigenvalue weighted by Gasteiger charge is 2.49. The van der Waals surface area contributed by atoms with Gasteiger partial charge in [0.05, 0.1) is 6.04 Å². The van der Waals surface area contributed by atoms with Crippen LogP contribution < -0.4 is 5.32 Å². The van der Waals surface area contributed by atoms with Crippen LogP contribution in [0.1, 0.15) is 5.56 Å². The van der Waals surface area contributed by atoms with E-state index in [1.807, 2.05) is 30.3 Å². The Bertz CT molecular complexity index is 484. The third-order valence-corrected chi connectivity index (χ3v) is 3.32. The molecule has 1 fully saturated rings. The summed E-state index contributed by atoms with van der Waals surface area (Å²) in [6.07, 6.45) is 1.93. The maximum Gasteiger partial charge on any atom is 0.233 e. The average molecular weight is 236 g/mol. The van der Waals surface area contributed by atoms with Crippen molar-refractivity contribution in [1.29, 1.82) is 0 Å². The van der Waals surface area contributed by atoms with E-state index < -0.39 is 0 Å². The Kier molecular flexibility index (Phi) is 2.14. The van der Waals surface area contributed by atoms with Gasteiger partial charge in [0.25, 0.3) is 0 Å². The van der Waals surface area contributed by atoms with Gasteiger partial charge in [-0.2, -0.15) is 0 Å². The van der Waals surface area contributed by atoms with Crippen molar-refractivity contribution in [3.63, 3.8) is 0 Å². The molecule has 1 saturated heterocycles. The van der Waals surface area contributed by atoms with Crippen LogP contribution >= 0.6 is 11.6 Å². The monoisotopic (exact) mass is 235 g/mol. The SMILES string of the molecule is O=C1N[C@H]2C=C(OCc3ccccc3Cl)[C@@H]12. The van der Waals surface area contributed by atoms with Crippen molar-refractivity contribution in [2.24, 2.45) is 5.92 Å². The van der Waals surface area contributed by atoms with Gasteiger partial charge in [0, 0.05) is 10.6 Å². The molecule has 1 N–H and O–H groups in total. The molecule has 1 aliphatic heterocycles. The minimum Gasteiger partial charge on any atom is -0.493 e. The Balaban J connectivity index is 1.64. The number of hydrogen-bond donors (Lipinski definition) is 1. The molecule has 0 saturated carbocycles. The molecule has 1 aliphatic carbocycles. The van der Waals surface area contributed by atoms with Crippen LogP contribution in [0.2, 0.25) is 5.02 Å². The van der Waals surface area contributed by atoms with Crippen LogP contribution in [-0.4, -0.2) is 11.9 Å². The topological polar surface area (TPSA) is 38.3 Å². The van der Waals surface area contributed by atoms with Gasteiger partial charge in [0.15, 0.2) is 0 Å². The number of nitrogens with one attached hydrogen (secondary N) is 1. The third-order valence-electron chi connectivity index (χ3n) is 2.95. The second-order valence-electron chi connectivity index (χ2n) is 3.96. The molecule has 2 aliphatic rings. The second kappa shape index (κ2) is 3.52.